The van der Waals surface area contributed by atoms with E-state index >= 15 is 0 Å². The van der Waals surface area contributed by atoms with Crippen LogP contribution in [-0.4, -0.2) is 43.0 Å². The van der Waals surface area contributed by atoms with E-state index < -0.39 is 0 Å². The summed E-state index contributed by atoms with van der Waals surface area (Å²) in [6, 6.07) is 20.3. The van der Waals surface area contributed by atoms with Crippen LogP contribution in [0.2, 0.25) is 5.02 Å². The van der Waals surface area contributed by atoms with Crippen LogP contribution in [0.25, 0.3) is 5.69 Å². The van der Waals surface area contributed by atoms with Gasteiger partial charge in [0.25, 0.3) is 5.56 Å². The first-order valence-electron chi connectivity index (χ1n) is 11.6. The molecule has 0 aliphatic heterocycles. The van der Waals surface area contributed by atoms with Crippen molar-refractivity contribution in [3.05, 3.63) is 93.4 Å². The number of halogens is 1. The molecule has 0 atom stereocenters. The normalized spacial score (nSPS) is 11.1. The number of ether oxygens (including phenoxy) is 4. The van der Waals surface area contributed by atoms with Gasteiger partial charge in [0.05, 0.1) is 30.6 Å². The van der Waals surface area contributed by atoms with Gasteiger partial charge in [-0.2, -0.15) is 0 Å². The van der Waals surface area contributed by atoms with E-state index in [9.17, 15) is 4.79 Å². The van der Waals surface area contributed by atoms with Crippen LogP contribution in [-0.2, 0) is 7.05 Å². The van der Waals surface area contributed by atoms with Crippen LogP contribution in [0.1, 0.15) is 11.3 Å². The molecular formula is C28H28ClN3O5. The second-order valence-electron chi connectivity index (χ2n) is 8.05. The predicted molar refractivity (Wildman–Crippen MR) is 145 cm³/mol. The molecule has 4 aromatic rings. The molecule has 192 valence electrons. The minimum atomic E-state index is -0.212. The number of para-hydroxylation sites is 3. The molecule has 0 aliphatic rings. The van der Waals surface area contributed by atoms with E-state index in [0.717, 1.165) is 11.4 Å². The van der Waals surface area contributed by atoms with E-state index in [1.165, 1.54) is 7.11 Å². The summed E-state index contributed by atoms with van der Waals surface area (Å²) in [7, 11) is 4.95. The molecule has 4 rings (SSSR count). The molecule has 0 saturated carbocycles. The third-order valence-corrected chi connectivity index (χ3v) is 6.06. The van der Waals surface area contributed by atoms with Crippen molar-refractivity contribution in [2.24, 2.45) is 12.0 Å². The second-order valence-corrected chi connectivity index (χ2v) is 8.46. The third-order valence-electron chi connectivity index (χ3n) is 5.77. The van der Waals surface area contributed by atoms with Crippen LogP contribution in [0.5, 0.6) is 23.0 Å². The molecule has 0 saturated heterocycles. The summed E-state index contributed by atoms with van der Waals surface area (Å²) in [5, 5.41) is 0.351. The zero-order valence-corrected chi connectivity index (χ0v) is 21.9. The number of nitrogens with zero attached hydrogens (tertiary/aromatic N) is 3. The van der Waals surface area contributed by atoms with Crippen molar-refractivity contribution in [1.82, 2.24) is 9.36 Å². The minimum absolute atomic E-state index is 0.212. The molecule has 0 unspecified atom stereocenters. The molecule has 37 heavy (non-hydrogen) atoms. The first kappa shape index (κ1) is 25.9. The van der Waals surface area contributed by atoms with Crippen molar-refractivity contribution in [3.8, 4) is 28.7 Å². The fourth-order valence-electron chi connectivity index (χ4n) is 3.83. The number of benzene rings is 3. The van der Waals surface area contributed by atoms with Gasteiger partial charge in [0, 0.05) is 13.3 Å². The highest BCUT2D eigenvalue weighted by Crippen LogP contribution is 2.36. The van der Waals surface area contributed by atoms with Crippen molar-refractivity contribution in [2.75, 3.05) is 27.4 Å². The van der Waals surface area contributed by atoms with Crippen LogP contribution in [0.4, 0.5) is 5.69 Å². The lowest BCUT2D eigenvalue weighted by atomic mass is 10.2. The fourth-order valence-corrected chi connectivity index (χ4v) is 4.10. The zero-order chi connectivity index (χ0) is 26.4. The van der Waals surface area contributed by atoms with Gasteiger partial charge >= 0.3 is 0 Å². The van der Waals surface area contributed by atoms with Crippen LogP contribution < -0.4 is 24.5 Å². The molecule has 0 aliphatic carbocycles. The van der Waals surface area contributed by atoms with E-state index in [1.807, 2.05) is 68.6 Å². The highest BCUT2D eigenvalue weighted by Gasteiger charge is 2.16. The Morgan fingerprint density at radius 1 is 0.892 bits per heavy atom. The van der Waals surface area contributed by atoms with Crippen LogP contribution in [0.15, 0.2) is 76.5 Å². The Bertz CT molecular complexity index is 1460. The van der Waals surface area contributed by atoms with Gasteiger partial charge < -0.3 is 18.9 Å². The summed E-state index contributed by atoms with van der Waals surface area (Å²) in [5.74, 6) is 2.11. The Kier molecular flexibility index (Phi) is 8.20. The first-order chi connectivity index (χ1) is 17.9. The smallest absolute Gasteiger partial charge is 0.297 e. The average Bonchev–Trinajstić information content (AvgIpc) is 3.13. The maximum atomic E-state index is 13.1. The van der Waals surface area contributed by atoms with Crippen molar-refractivity contribution in [2.45, 2.75) is 6.92 Å². The van der Waals surface area contributed by atoms with Crippen LogP contribution in [0.3, 0.4) is 0 Å². The van der Waals surface area contributed by atoms with Gasteiger partial charge in [-0.25, -0.2) is 9.67 Å². The van der Waals surface area contributed by atoms with Gasteiger partial charge in [-0.15, -0.1) is 0 Å². The molecule has 0 radical (unpaired) electrons. The standard InChI is InChI=1S/C28H28ClN3O5/c1-19-26(28(33)32(31(19)2)21-10-6-5-7-11-21)30-18-20-16-22(29)27(25(17-20)35-4)37-15-14-36-24-13-9-8-12-23(24)34-3/h5-13,16-18H,14-15H2,1-4H3. The molecule has 8 nitrogen and oxygen atoms in total. The van der Waals surface area contributed by atoms with Gasteiger partial charge in [0.15, 0.2) is 28.7 Å². The quantitative estimate of drug-likeness (QED) is 0.207. The molecular weight excluding hydrogens is 494 g/mol. The number of rotatable bonds is 10. The van der Waals surface area contributed by atoms with Crippen LogP contribution in [0, 0.1) is 6.92 Å². The maximum Gasteiger partial charge on any atom is 0.297 e. The van der Waals surface area contributed by atoms with Gasteiger partial charge in [0.2, 0.25) is 0 Å². The summed E-state index contributed by atoms with van der Waals surface area (Å²) in [5.41, 5.74) is 2.29. The Morgan fingerprint density at radius 2 is 1.54 bits per heavy atom. The lowest BCUT2D eigenvalue weighted by Gasteiger charge is -2.14. The molecule has 1 aromatic heterocycles. The number of aliphatic imine (C=N–C) groups is 1. The Balaban J connectivity index is 1.50. The largest absolute Gasteiger partial charge is 0.493 e. The highest BCUT2D eigenvalue weighted by atomic mass is 35.5. The van der Waals surface area contributed by atoms with Gasteiger partial charge in [0.1, 0.15) is 13.2 Å². The number of hydrogen-bond donors (Lipinski definition) is 0. The molecule has 1 heterocycles. The Morgan fingerprint density at radius 3 is 2.24 bits per heavy atom. The zero-order valence-electron chi connectivity index (χ0n) is 21.1. The summed E-state index contributed by atoms with van der Waals surface area (Å²) in [4.78, 5) is 17.6. The number of hydrogen-bond acceptors (Lipinski definition) is 6. The minimum Gasteiger partial charge on any atom is -0.493 e. The molecule has 9 heteroatoms. The van der Waals surface area contributed by atoms with E-state index in [-0.39, 0.29) is 18.8 Å². The first-order valence-corrected chi connectivity index (χ1v) is 12.0. The fraction of sp³-hybridized carbons (Fsp3) is 0.214. The summed E-state index contributed by atoms with van der Waals surface area (Å²) < 4.78 is 25.8. The number of aromatic nitrogens is 2. The number of methoxy groups -OCH3 is 2. The second kappa shape index (κ2) is 11.7. The van der Waals surface area contributed by atoms with Gasteiger partial charge in [-0.05, 0) is 48.9 Å². The van der Waals surface area contributed by atoms with E-state index in [2.05, 4.69) is 4.99 Å². The summed E-state index contributed by atoms with van der Waals surface area (Å²) >= 11 is 6.51. The van der Waals surface area contributed by atoms with Crippen molar-refractivity contribution in [1.29, 1.82) is 0 Å². The van der Waals surface area contributed by atoms with E-state index in [4.69, 9.17) is 30.5 Å². The average molecular weight is 522 g/mol. The molecule has 0 bridgehead atoms. The lowest BCUT2D eigenvalue weighted by Crippen LogP contribution is -2.19. The third kappa shape index (κ3) is 5.65. The summed E-state index contributed by atoms with van der Waals surface area (Å²) in [6.07, 6.45) is 1.59. The Labute approximate surface area is 220 Å². The molecule has 0 spiro atoms. The monoisotopic (exact) mass is 521 g/mol. The molecule has 0 fully saturated rings. The van der Waals surface area contributed by atoms with Gasteiger partial charge in [-0.1, -0.05) is 41.9 Å². The molecule has 0 N–H and O–H groups in total. The van der Waals surface area contributed by atoms with Gasteiger partial charge in [-0.3, -0.25) is 9.48 Å². The highest BCUT2D eigenvalue weighted by molar-refractivity contribution is 6.32. The maximum absolute atomic E-state index is 13.1. The topological polar surface area (TPSA) is 76.2 Å². The van der Waals surface area contributed by atoms with Crippen LogP contribution >= 0.6 is 11.6 Å². The Hall–Kier alpha value is -4.17. The van der Waals surface area contributed by atoms with E-state index in [0.29, 0.717) is 39.3 Å². The SMILES string of the molecule is COc1ccccc1OCCOc1c(Cl)cc(C=Nc2c(C)n(C)n(-c3ccccc3)c2=O)cc1OC. The van der Waals surface area contributed by atoms with E-state index in [1.54, 1.807) is 34.8 Å². The lowest BCUT2D eigenvalue weighted by molar-refractivity contribution is 0.206. The summed E-state index contributed by atoms with van der Waals surface area (Å²) in [6.45, 7) is 2.37. The van der Waals surface area contributed by atoms with Crippen molar-refractivity contribution >= 4 is 23.5 Å². The molecule has 0 amide bonds. The van der Waals surface area contributed by atoms with Crippen molar-refractivity contribution < 1.29 is 18.9 Å². The molecule has 3 aromatic carbocycles. The predicted octanol–water partition coefficient (Wildman–Crippen LogP) is 5.36. The van der Waals surface area contributed by atoms with Crippen molar-refractivity contribution in [3.63, 3.8) is 0 Å².